The van der Waals surface area contributed by atoms with Crippen LogP contribution in [0.25, 0.3) is 0 Å². The lowest BCUT2D eigenvalue weighted by Crippen LogP contribution is -2.42. The second-order valence-electron chi connectivity index (χ2n) is 4.49. The first-order valence-electron chi connectivity index (χ1n) is 5.69. The number of hydrogen-bond acceptors (Lipinski definition) is 4. The highest BCUT2D eigenvalue weighted by atomic mass is 16.6. The highest BCUT2D eigenvalue weighted by Crippen LogP contribution is 2.37. The quantitative estimate of drug-likeness (QED) is 0.606. The molecule has 1 saturated carbocycles. The molecule has 0 amide bonds. The fourth-order valence-corrected chi connectivity index (χ4v) is 2.35. The van der Waals surface area contributed by atoms with Gasteiger partial charge in [-0.05, 0) is 30.5 Å². The molecule has 2 atom stereocenters. The zero-order chi connectivity index (χ0) is 12.5. The van der Waals surface area contributed by atoms with Gasteiger partial charge in [0.15, 0.2) is 0 Å². The Morgan fingerprint density at radius 2 is 1.94 bits per heavy atom. The summed E-state index contributed by atoms with van der Waals surface area (Å²) in [5.41, 5.74) is -0.717. The maximum atomic E-state index is 10.5. The third kappa shape index (κ3) is 2.16. The lowest BCUT2D eigenvalue weighted by Gasteiger charge is -2.37. The summed E-state index contributed by atoms with van der Waals surface area (Å²) < 4.78 is 0. The van der Waals surface area contributed by atoms with Crippen LogP contribution in [-0.4, -0.2) is 21.2 Å². The Morgan fingerprint density at radius 3 is 2.47 bits per heavy atom. The molecule has 5 nitrogen and oxygen atoms in total. The molecule has 2 rings (SSSR count). The molecule has 0 bridgehead atoms. The first kappa shape index (κ1) is 12.0. The molecular formula is C12H15NO4. The average Bonchev–Trinajstić information content (AvgIpc) is 2.33. The first-order chi connectivity index (χ1) is 8.04. The standard InChI is InChI=1S/C12H15NO4/c14-11-3-1-2-8-12(11,15)9-4-6-10(7-5-9)13(16)17/h4-7,11,14-15H,1-3,8H2/t11-,12-/m1/s1. The molecule has 0 radical (unpaired) electrons. The van der Waals surface area contributed by atoms with Crippen LogP contribution in [0.5, 0.6) is 0 Å². The molecule has 17 heavy (non-hydrogen) atoms. The lowest BCUT2D eigenvalue weighted by atomic mass is 9.77. The smallest absolute Gasteiger partial charge is 0.269 e. The number of nitro groups is 1. The summed E-state index contributed by atoms with van der Waals surface area (Å²) in [7, 11) is 0. The van der Waals surface area contributed by atoms with E-state index in [1.54, 1.807) is 0 Å². The van der Waals surface area contributed by atoms with Gasteiger partial charge in [-0.2, -0.15) is 0 Å². The third-order valence-electron chi connectivity index (χ3n) is 3.41. The van der Waals surface area contributed by atoms with E-state index < -0.39 is 16.6 Å². The van der Waals surface area contributed by atoms with Gasteiger partial charge in [-0.1, -0.05) is 12.8 Å². The Labute approximate surface area is 98.9 Å². The van der Waals surface area contributed by atoms with Gasteiger partial charge in [-0.3, -0.25) is 10.1 Å². The molecule has 0 saturated heterocycles. The largest absolute Gasteiger partial charge is 0.390 e. The fourth-order valence-electron chi connectivity index (χ4n) is 2.35. The van der Waals surface area contributed by atoms with Crippen LogP contribution in [0.15, 0.2) is 24.3 Å². The number of rotatable bonds is 2. The normalized spacial score (nSPS) is 28.9. The Morgan fingerprint density at radius 1 is 1.29 bits per heavy atom. The zero-order valence-electron chi connectivity index (χ0n) is 9.37. The van der Waals surface area contributed by atoms with Crippen molar-refractivity contribution in [1.29, 1.82) is 0 Å². The maximum absolute atomic E-state index is 10.5. The van der Waals surface area contributed by atoms with E-state index in [1.165, 1.54) is 24.3 Å². The van der Waals surface area contributed by atoms with Crippen molar-refractivity contribution >= 4 is 5.69 Å². The van der Waals surface area contributed by atoms with Gasteiger partial charge >= 0.3 is 0 Å². The summed E-state index contributed by atoms with van der Waals surface area (Å²) in [5.74, 6) is 0. The van der Waals surface area contributed by atoms with Gasteiger partial charge in [0.2, 0.25) is 0 Å². The molecule has 0 unspecified atom stereocenters. The number of aliphatic hydroxyl groups is 2. The van der Waals surface area contributed by atoms with Gasteiger partial charge in [0.1, 0.15) is 5.60 Å². The molecule has 1 aromatic rings. The zero-order valence-corrected chi connectivity index (χ0v) is 9.37. The van der Waals surface area contributed by atoms with Crippen LogP contribution in [0.4, 0.5) is 5.69 Å². The predicted octanol–water partition coefficient (Wildman–Crippen LogP) is 1.72. The topological polar surface area (TPSA) is 83.6 Å². The molecule has 1 aromatic carbocycles. The second kappa shape index (κ2) is 4.43. The van der Waals surface area contributed by atoms with Crippen LogP contribution in [-0.2, 0) is 5.60 Å². The molecular weight excluding hydrogens is 222 g/mol. The van der Waals surface area contributed by atoms with Gasteiger partial charge in [0, 0.05) is 12.1 Å². The predicted molar refractivity (Wildman–Crippen MR) is 61.5 cm³/mol. The van der Waals surface area contributed by atoms with Crippen LogP contribution in [0.2, 0.25) is 0 Å². The van der Waals surface area contributed by atoms with Crippen molar-refractivity contribution in [3.63, 3.8) is 0 Å². The number of non-ortho nitro benzene ring substituents is 1. The van der Waals surface area contributed by atoms with Crippen molar-refractivity contribution in [3.8, 4) is 0 Å². The summed E-state index contributed by atoms with van der Waals surface area (Å²) in [6.45, 7) is 0. The van der Waals surface area contributed by atoms with Crippen molar-refractivity contribution in [3.05, 3.63) is 39.9 Å². The van der Waals surface area contributed by atoms with Crippen molar-refractivity contribution in [2.24, 2.45) is 0 Å². The fraction of sp³-hybridized carbons (Fsp3) is 0.500. The van der Waals surface area contributed by atoms with Crippen molar-refractivity contribution < 1.29 is 15.1 Å². The molecule has 0 spiro atoms. The molecule has 1 aliphatic carbocycles. The Kier molecular flexibility index (Phi) is 3.13. The second-order valence-corrected chi connectivity index (χ2v) is 4.49. The van der Waals surface area contributed by atoms with Gasteiger partial charge in [0.25, 0.3) is 5.69 Å². The monoisotopic (exact) mass is 237 g/mol. The van der Waals surface area contributed by atoms with E-state index in [1.807, 2.05) is 0 Å². The van der Waals surface area contributed by atoms with Crippen LogP contribution < -0.4 is 0 Å². The van der Waals surface area contributed by atoms with E-state index in [4.69, 9.17) is 0 Å². The summed E-state index contributed by atoms with van der Waals surface area (Å²) in [5, 5.41) is 30.8. The highest BCUT2D eigenvalue weighted by molar-refractivity contribution is 5.36. The summed E-state index contributed by atoms with van der Waals surface area (Å²) >= 11 is 0. The van der Waals surface area contributed by atoms with Crippen molar-refractivity contribution in [1.82, 2.24) is 0 Å². The maximum Gasteiger partial charge on any atom is 0.269 e. The molecule has 0 aromatic heterocycles. The molecule has 5 heteroatoms. The SMILES string of the molecule is O=[N+]([O-])c1ccc([C@]2(O)CCCC[C@H]2O)cc1. The Balaban J connectivity index is 2.29. The summed E-state index contributed by atoms with van der Waals surface area (Å²) in [6, 6.07) is 5.75. The molecule has 1 aliphatic rings. The number of nitro benzene ring substituents is 1. The van der Waals surface area contributed by atoms with Gasteiger partial charge < -0.3 is 10.2 Å². The molecule has 92 valence electrons. The van der Waals surface area contributed by atoms with Crippen molar-refractivity contribution in [2.75, 3.05) is 0 Å². The minimum atomic E-state index is -1.26. The van der Waals surface area contributed by atoms with Crippen LogP contribution in [0.1, 0.15) is 31.2 Å². The van der Waals surface area contributed by atoms with Gasteiger partial charge in [-0.25, -0.2) is 0 Å². The van der Waals surface area contributed by atoms with E-state index in [2.05, 4.69) is 0 Å². The van der Waals surface area contributed by atoms with Gasteiger partial charge in [-0.15, -0.1) is 0 Å². The van der Waals surface area contributed by atoms with E-state index in [0.29, 0.717) is 18.4 Å². The first-order valence-corrected chi connectivity index (χ1v) is 5.69. The number of nitrogens with zero attached hydrogens (tertiary/aromatic N) is 1. The molecule has 0 heterocycles. The third-order valence-corrected chi connectivity index (χ3v) is 3.41. The number of hydrogen-bond donors (Lipinski definition) is 2. The molecule has 0 aliphatic heterocycles. The van der Waals surface area contributed by atoms with Crippen LogP contribution in [0, 0.1) is 10.1 Å². The van der Waals surface area contributed by atoms with Crippen LogP contribution in [0.3, 0.4) is 0 Å². The average molecular weight is 237 g/mol. The number of benzene rings is 1. The van der Waals surface area contributed by atoms with E-state index in [-0.39, 0.29) is 5.69 Å². The molecule has 2 N–H and O–H groups in total. The Hall–Kier alpha value is -1.46. The van der Waals surface area contributed by atoms with E-state index >= 15 is 0 Å². The lowest BCUT2D eigenvalue weighted by molar-refractivity contribution is -0.384. The molecule has 1 fully saturated rings. The Bertz CT molecular complexity index is 417. The summed E-state index contributed by atoms with van der Waals surface area (Å²) in [6.07, 6.45) is 2.01. The van der Waals surface area contributed by atoms with E-state index in [0.717, 1.165) is 12.8 Å². The van der Waals surface area contributed by atoms with Crippen molar-refractivity contribution in [2.45, 2.75) is 37.4 Å². The van der Waals surface area contributed by atoms with Crippen LogP contribution >= 0.6 is 0 Å². The highest BCUT2D eigenvalue weighted by Gasteiger charge is 2.39. The van der Waals surface area contributed by atoms with Gasteiger partial charge in [0.05, 0.1) is 11.0 Å². The minimum absolute atomic E-state index is 0.0114. The number of aliphatic hydroxyl groups excluding tert-OH is 1. The summed E-state index contributed by atoms with van der Waals surface area (Å²) in [4.78, 5) is 10.0. The minimum Gasteiger partial charge on any atom is -0.390 e. The van der Waals surface area contributed by atoms with E-state index in [9.17, 15) is 20.3 Å².